The van der Waals surface area contributed by atoms with E-state index in [1.807, 2.05) is 19.1 Å². The van der Waals surface area contributed by atoms with Crippen molar-refractivity contribution < 1.29 is 17.9 Å². The average molecular weight is 426 g/mol. The van der Waals surface area contributed by atoms with E-state index in [0.29, 0.717) is 22.9 Å². The molecule has 0 aliphatic carbocycles. The molecule has 30 heavy (non-hydrogen) atoms. The van der Waals surface area contributed by atoms with Crippen LogP contribution < -0.4 is 19.6 Å². The zero-order chi connectivity index (χ0) is 21.6. The van der Waals surface area contributed by atoms with Gasteiger partial charge in [-0.1, -0.05) is 17.7 Å². The minimum absolute atomic E-state index is 0.216. The van der Waals surface area contributed by atoms with Crippen LogP contribution in [0, 0.1) is 6.92 Å². The molecule has 0 radical (unpaired) electrons. The Morgan fingerprint density at radius 2 is 1.53 bits per heavy atom. The number of nitrogens with one attached hydrogen (secondary N) is 2. The third-order valence-electron chi connectivity index (χ3n) is 4.31. The number of hydrogen-bond donors (Lipinski definition) is 2. The Kier molecular flexibility index (Phi) is 6.58. The van der Waals surface area contributed by atoms with E-state index in [9.17, 15) is 8.42 Å². The fraction of sp³-hybridized carbons (Fsp3) is 0.136. The van der Waals surface area contributed by atoms with Gasteiger partial charge in [-0.15, -0.1) is 0 Å². The lowest BCUT2D eigenvalue weighted by Gasteiger charge is -2.09. The monoisotopic (exact) mass is 425 g/mol. The van der Waals surface area contributed by atoms with Crippen LogP contribution in [0.2, 0.25) is 0 Å². The van der Waals surface area contributed by atoms with Gasteiger partial charge in [0, 0.05) is 17.3 Å². The number of hydrazone groups is 1. The van der Waals surface area contributed by atoms with Gasteiger partial charge in [-0.25, -0.2) is 8.42 Å². The molecule has 0 saturated heterocycles. The van der Waals surface area contributed by atoms with Crippen molar-refractivity contribution in [2.75, 3.05) is 24.4 Å². The summed E-state index contributed by atoms with van der Waals surface area (Å²) in [6.07, 6.45) is 1.63. The molecule has 0 unspecified atom stereocenters. The highest BCUT2D eigenvalue weighted by molar-refractivity contribution is 7.92. The van der Waals surface area contributed by atoms with E-state index in [1.54, 1.807) is 75.0 Å². The summed E-state index contributed by atoms with van der Waals surface area (Å²) in [4.78, 5) is 0.216. The van der Waals surface area contributed by atoms with Crippen LogP contribution in [0.3, 0.4) is 0 Å². The lowest BCUT2D eigenvalue weighted by molar-refractivity contribution is 0.394. The number of ether oxygens (including phenoxy) is 2. The van der Waals surface area contributed by atoms with Crippen molar-refractivity contribution in [1.82, 2.24) is 0 Å². The molecule has 0 aromatic heterocycles. The van der Waals surface area contributed by atoms with Crippen LogP contribution in [0.4, 0.5) is 11.4 Å². The van der Waals surface area contributed by atoms with E-state index in [2.05, 4.69) is 15.2 Å². The number of anilines is 2. The van der Waals surface area contributed by atoms with Crippen LogP contribution in [-0.2, 0) is 10.0 Å². The molecule has 0 aliphatic heterocycles. The third kappa shape index (κ3) is 5.30. The fourth-order valence-corrected chi connectivity index (χ4v) is 3.70. The van der Waals surface area contributed by atoms with E-state index >= 15 is 0 Å². The molecule has 0 bridgehead atoms. The predicted molar refractivity (Wildman–Crippen MR) is 119 cm³/mol. The number of benzene rings is 3. The van der Waals surface area contributed by atoms with Crippen molar-refractivity contribution in [2.45, 2.75) is 11.8 Å². The van der Waals surface area contributed by atoms with Gasteiger partial charge >= 0.3 is 0 Å². The van der Waals surface area contributed by atoms with Gasteiger partial charge in [-0.05, 0) is 55.5 Å². The van der Waals surface area contributed by atoms with Crippen LogP contribution >= 0.6 is 0 Å². The second kappa shape index (κ2) is 9.32. The zero-order valence-electron chi connectivity index (χ0n) is 16.9. The SMILES string of the molecule is COc1ccc(/C=N/Nc2ccc(NS(=O)(=O)c3ccc(C)cc3)cc2)c(OC)c1. The minimum atomic E-state index is -3.63. The second-order valence-electron chi connectivity index (χ2n) is 6.47. The second-order valence-corrected chi connectivity index (χ2v) is 8.16. The van der Waals surface area contributed by atoms with Crippen LogP contribution in [0.5, 0.6) is 11.5 Å². The Labute approximate surface area is 176 Å². The molecule has 0 aliphatic rings. The Bertz CT molecular complexity index is 1130. The van der Waals surface area contributed by atoms with Crippen molar-refractivity contribution in [1.29, 1.82) is 0 Å². The molecule has 0 amide bonds. The highest BCUT2D eigenvalue weighted by Crippen LogP contribution is 2.23. The minimum Gasteiger partial charge on any atom is -0.497 e. The van der Waals surface area contributed by atoms with E-state index < -0.39 is 10.0 Å². The van der Waals surface area contributed by atoms with Crippen molar-refractivity contribution in [2.24, 2.45) is 5.10 Å². The van der Waals surface area contributed by atoms with Gasteiger partial charge in [0.25, 0.3) is 10.0 Å². The molecular weight excluding hydrogens is 402 g/mol. The summed E-state index contributed by atoms with van der Waals surface area (Å²) in [7, 11) is -0.462. The molecule has 0 heterocycles. The van der Waals surface area contributed by atoms with Crippen LogP contribution in [0.15, 0.2) is 76.7 Å². The summed E-state index contributed by atoms with van der Waals surface area (Å²) >= 11 is 0. The Morgan fingerprint density at radius 3 is 2.17 bits per heavy atom. The lowest BCUT2D eigenvalue weighted by atomic mass is 10.2. The number of nitrogens with zero attached hydrogens (tertiary/aromatic N) is 1. The van der Waals surface area contributed by atoms with E-state index in [1.165, 1.54) is 0 Å². The molecule has 0 spiro atoms. The van der Waals surface area contributed by atoms with Gasteiger partial charge in [0.2, 0.25) is 0 Å². The van der Waals surface area contributed by atoms with Crippen molar-refractivity contribution in [3.05, 3.63) is 77.9 Å². The number of methoxy groups -OCH3 is 2. The summed E-state index contributed by atoms with van der Waals surface area (Å²) in [6, 6.07) is 18.9. The molecule has 2 N–H and O–H groups in total. The molecule has 3 aromatic carbocycles. The molecule has 8 heteroatoms. The maximum Gasteiger partial charge on any atom is 0.261 e. The van der Waals surface area contributed by atoms with E-state index in [0.717, 1.165) is 11.1 Å². The highest BCUT2D eigenvalue weighted by atomic mass is 32.2. The molecule has 0 atom stereocenters. The van der Waals surface area contributed by atoms with Crippen molar-refractivity contribution in [3.63, 3.8) is 0 Å². The normalized spacial score (nSPS) is 11.3. The fourth-order valence-electron chi connectivity index (χ4n) is 2.65. The number of hydrogen-bond acceptors (Lipinski definition) is 6. The van der Waals surface area contributed by atoms with Crippen LogP contribution in [-0.4, -0.2) is 28.9 Å². The van der Waals surface area contributed by atoms with Crippen molar-refractivity contribution >= 4 is 27.6 Å². The quantitative estimate of drug-likeness (QED) is 0.416. The van der Waals surface area contributed by atoms with E-state index in [4.69, 9.17) is 9.47 Å². The first-order valence-electron chi connectivity index (χ1n) is 9.12. The Hall–Kier alpha value is -3.52. The molecule has 7 nitrogen and oxygen atoms in total. The molecular formula is C22H23N3O4S. The predicted octanol–water partition coefficient (Wildman–Crippen LogP) is 4.26. The highest BCUT2D eigenvalue weighted by Gasteiger charge is 2.13. The largest absolute Gasteiger partial charge is 0.497 e. The van der Waals surface area contributed by atoms with Gasteiger partial charge in [-0.3, -0.25) is 10.1 Å². The molecule has 0 saturated carbocycles. The summed E-state index contributed by atoms with van der Waals surface area (Å²) in [6.45, 7) is 1.91. The topological polar surface area (TPSA) is 89.0 Å². The first-order valence-corrected chi connectivity index (χ1v) is 10.6. The summed E-state index contributed by atoms with van der Waals surface area (Å²) in [5.74, 6) is 1.33. The summed E-state index contributed by atoms with van der Waals surface area (Å²) in [5.41, 5.74) is 5.85. The standard InChI is InChI=1S/C22H23N3O4S/c1-16-4-12-21(13-5-16)30(26,27)25-19-9-7-18(8-10-19)24-23-15-17-6-11-20(28-2)14-22(17)29-3/h4-15,24-25H,1-3H3/b23-15+. The number of rotatable bonds is 8. The van der Waals surface area contributed by atoms with Gasteiger partial charge in [0.05, 0.1) is 31.0 Å². The number of aryl methyl sites for hydroxylation is 1. The van der Waals surface area contributed by atoms with Crippen LogP contribution in [0.1, 0.15) is 11.1 Å². The first kappa shape index (κ1) is 21.2. The van der Waals surface area contributed by atoms with Crippen molar-refractivity contribution in [3.8, 4) is 11.5 Å². The van der Waals surface area contributed by atoms with Gasteiger partial charge in [0.1, 0.15) is 11.5 Å². The third-order valence-corrected chi connectivity index (χ3v) is 5.70. The maximum atomic E-state index is 12.5. The molecule has 156 valence electrons. The molecule has 0 fully saturated rings. The first-order chi connectivity index (χ1) is 14.4. The number of sulfonamides is 1. The average Bonchev–Trinajstić information content (AvgIpc) is 2.75. The van der Waals surface area contributed by atoms with Gasteiger partial charge in [0.15, 0.2) is 0 Å². The Balaban J connectivity index is 1.65. The lowest BCUT2D eigenvalue weighted by Crippen LogP contribution is -2.12. The molecule has 3 rings (SSSR count). The zero-order valence-corrected chi connectivity index (χ0v) is 17.7. The molecule has 3 aromatic rings. The smallest absolute Gasteiger partial charge is 0.261 e. The Morgan fingerprint density at radius 1 is 0.867 bits per heavy atom. The van der Waals surface area contributed by atoms with E-state index in [-0.39, 0.29) is 4.90 Å². The summed E-state index contributed by atoms with van der Waals surface area (Å²) in [5, 5.41) is 4.20. The summed E-state index contributed by atoms with van der Waals surface area (Å²) < 4.78 is 38.0. The maximum absolute atomic E-state index is 12.5. The van der Waals surface area contributed by atoms with Gasteiger partial charge in [-0.2, -0.15) is 5.10 Å². The van der Waals surface area contributed by atoms with Gasteiger partial charge < -0.3 is 9.47 Å². The van der Waals surface area contributed by atoms with Crippen LogP contribution in [0.25, 0.3) is 0 Å².